The molecular weight excluding hydrogens is 264 g/mol. The first-order valence-corrected chi connectivity index (χ1v) is 8.35. The van der Waals surface area contributed by atoms with Crippen LogP contribution in [0, 0.1) is 0 Å². The predicted octanol–water partition coefficient (Wildman–Crippen LogP) is 4.47. The van der Waals surface area contributed by atoms with Gasteiger partial charge in [0.1, 0.15) is 0 Å². The average molecular weight is 286 g/mol. The van der Waals surface area contributed by atoms with E-state index in [0.29, 0.717) is 17.9 Å². The highest BCUT2D eigenvalue weighted by Gasteiger charge is 2.24. The Bertz CT molecular complexity index is 550. The monoisotopic (exact) mass is 286 g/mol. The molecule has 1 aromatic carbocycles. The van der Waals surface area contributed by atoms with E-state index in [4.69, 9.17) is 0 Å². The summed E-state index contributed by atoms with van der Waals surface area (Å²) in [6.07, 6.45) is 4.41. The minimum atomic E-state index is 0.488. The van der Waals surface area contributed by atoms with Crippen molar-refractivity contribution < 1.29 is 0 Å². The molecule has 1 aliphatic carbocycles. The molecule has 0 bridgehead atoms. The number of hydrogen-bond acceptors (Lipinski definition) is 3. The van der Waals surface area contributed by atoms with E-state index in [2.05, 4.69) is 53.8 Å². The van der Waals surface area contributed by atoms with Gasteiger partial charge in [-0.3, -0.25) is 0 Å². The summed E-state index contributed by atoms with van der Waals surface area (Å²) in [5, 5.41) is 7.04. The van der Waals surface area contributed by atoms with Gasteiger partial charge in [-0.05, 0) is 29.9 Å². The number of hydrogen-bond donors (Lipinski definition) is 1. The van der Waals surface area contributed by atoms with E-state index in [9.17, 15) is 0 Å². The smallest absolute Gasteiger partial charge is 0.0965 e. The zero-order valence-electron chi connectivity index (χ0n) is 12.2. The molecule has 1 N–H and O–H groups in total. The number of benzene rings is 1. The van der Waals surface area contributed by atoms with Gasteiger partial charge in [-0.2, -0.15) is 0 Å². The Kier molecular flexibility index (Phi) is 4.18. The standard InChI is InChI=1S/C17H22N2S/c1-12-7-8-16(15-6-4-3-5-14(12)15)19-11-13(2)17-18-9-10-20-17/h3-6,9-10,12-13,16,19H,7-8,11H2,1-2H3. The molecule has 0 radical (unpaired) electrons. The van der Waals surface area contributed by atoms with Gasteiger partial charge in [0.15, 0.2) is 0 Å². The van der Waals surface area contributed by atoms with Crippen molar-refractivity contribution in [3.63, 3.8) is 0 Å². The van der Waals surface area contributed by atoms with Crippen LogP contribution in [0.2, 0.25) is 0 Å². The van der Waals surface area contributed by atoms with Crippen LogP contribution in [0.5, 0.6) is 0 Å². The first-order chi connectivity index (χ1) is 9.75. The Labute approximate surface area is 125 Å². The summed E-state index contributed by atoms with van der Waals surface area (Å²) < 4.78 is 0. The molecule has 1 aliphatic rings. The predicted molar refractivity (Wildman–Crippen MR) is 85.4 cm³/mol. The van der Waals surface area contributed by atoms with E-state index in [1.165, 1.54) is 29.0 Å². The van der Waals surface area contributed by atoms with Crippen LogP contribution in [0.25, 0.3) is 0 Å². The molecule has 0 saturated carbocycles. The molecule has 2 aromatic rings. The van der Waals surface area contributed by atoms with E-state index < -0.39 is 0 Å². The molecule has 106 valence electrons. The number of fused-ring (bicyclic) bond motifs is 1. The van der Waals surface area contributed by atoms with Gasteiger partial charge in [0, 0.05) is 30.1 Å². The van der Waals surface area contributed by atoms with Crippen LogP contribution < -0.4 is 5.32 Å². The lowest BCUT2D eigenvalue weighted by molar-refractivity contribution is 0.422. The molecule has 3 atom stereocenters. The fraction of sp³-hybridized carbons (Fsp3) is 0.471. The summed E-state index contributed by atoms with van der Waals surface area (Å²) in [7, 11) is 0. The number of thiazole rings is 1. The highest BCUT2D eigenvalue weighted by molar-refractivity contribution is 7.09. The fourth-order valence-electron chi connectivity index (χ4n) is 3.10. The maximum atomic E-state index is 4.41. The highest BCUT2D eigenvalue weighted by Crippen LogP contribution is 2.37. The van der Waals surface area contributed by atoms with Gasteiger partial charge >= 0.3 is 0 Å². The number of aromatic nitrogens is 1. The molecule has 0 spiro atoms. The van der Waals surface area contributed by atoms with Gasteiger partial charge in [-0.25, -0.2) is 4.98 Å². The van der Waals surface area contributed by atoms with Crippen molar-refractivity contribution in [2.24, 2.45) is 0 Å². The molecule has 2 nitrogen and oxygen atoms in total. The van der Waals surface area contributed by atoms with Crippen molar-refractivity contribution in [2.45, 2.75) is 44.6 Å². The zero-order chi connectivity index (χ0) is 13.9. The van der Waals surface area contributed by atoms with Crippen LogP contribution in [0.3, 0.4) is 0 Å². The van der Waals surface area contributed by atoms with E-state index >= 15 is 0 Å². The van der Waals surface area contributed by atoms with E-state index in [0.717, 1.165) is 6.54 Å². The van der Waals surface area contributed by atoms with Crippen LogP contribution >= 0.6 is 11.3 Å². The molecule has 20 heavy (non-hydrogen) atoms. The molecule has 1 aromatic heterocycles. The maximum absolute atomic E-state index is 4.41. The largest absolute Gasteiger partial charge is 0.309 e. The summed E-state index contributed by atoms with van der Waals surface area (Å²) in [4.78, 5) is 4.41. The van der Waals surface area contributed by atoms with E-state index in [1.54, 1.807) is 11.3 Å². The van der Waals surface area contributed by atoms with Gasteiger partial charge in [-0.1, -0.05) is 38.1 Å². The molecule has 1 heterocycles. The summed E-state index contributed by atoms with van der Waals surface area (Å²) in [5.74, 6) is 1.18. The third-order valence-electron chi connectivity index (χ3n) is 4.33. The molecule has 3 rings (SSSR count). The molecule has 0 fully saturated rings. The number of nitrogens with zero attached hydrogens (tertiary/aromatic N) is 1. The van der Waals surface area contributed by atoms with Crippen LogP contribution in [-0.2, 0) is 0 Å². The Morgan fingerprint density at radius 1 is 1.30 bits per heavy atom. The van der Waals surface area contributed by atoms with Crippen LogP contribution in [0.15, 0.2) is 35.8 Å². The van der Waals surface area contributed by atoms with Gasteiger partial charge in [-0.15, -0.1) is 11.3 Å². The summed E-state index contributed by atoms with van der Waals surface area (Å²) in [5.41, 5.74) is 3.02. The van der Waals surface area contributed by atoms with Crippen LogP contribution in [0.4, 0.5) is 0 Å². The third kappa shape index (κ3) is 2.79. The van der Waals surface area contributed by atoms with E-state index in [-0.39, 0.29) is 0 Å². The van der Waals surface area contributed by atoms with Gasteiger partial charge < -0.3 is 5.32 Å². The molecule has 3 heteroatoms. The fourth-order valence-corrected chi connectivity index (χ4v) is 3.80. The average Bonchev–Trinajstić information content (AvgIpc) is 3.01. The molecule has 3 unspecified atom stereocenters. The summed E-state index contributed by atoms with van der Waals surface area (Å²) in [6.45, 7) is 5.59. The third-order valence-corrected chi connectivity index (χ3v) is 5.34. The first-order valence-electron chi connectivity index (χ1n) is 7.47. The lowest BCUT2D eigenvalue weighted by atomic mass is 9.81. The van der Waals surface area contributed by atoms with E-state index in [1.807, 2.05) is 6.20 Å². The Balaban J connectivity index is 1.68. The minimum Gasteiger partial charge on any atom is -0.309 e. The second-order valence-electron chi connectivity index (χ2n) is 5.84. The SMILES string of the molecule is CC(CNC1CCC(C)c2ccccc21)c1nccs1. The quantitative estimate of drug-likeness (QED) is 0.896. The van der Waals surface area contributed by atoms with Crippen molar-refractivity contribution in [2.75, 3.05) is 6.54 Å². The van der Waals surface area contributed by atoms with Crippen molar-refractivity contribution >= 4 is 11.3 Å². The molecule has 0 aliphatic heterocycles. The molecular formula is C17H22N2S. The second-order valence-corrected chi connectivity index (χ2v) is 6.77. The van der Waals surface area contributed by atoms with Crippen molar-refractivity contribution in [3.8, 4) is 0 Å². The molecule has 0 saturated heterocycles. The lowest BCUT2D eigenvalue weighted by Crippen LogP contribution is -2.29. The normalized spacial score (nSPS) is 23.3. The molecule has 0 amide bonds. The maximum Gasteiger partial charge on any atom is 0.0965 e. The lowest BCUT2D eigenvalue weighted by Gasteiger charge is -2.31. The number of nitrogens with one attached hydrogen (secondary N) is 1. The number of rotatable bonds is 4. The Morgan fingerprint density at radius 2 is 2.10 bits per heavy atom. The summed E-state index contributed by atoms with van der Waals surface area (Å²) in [6, 6.07) is 9.41. The van der Waals surface area contributed by atoms with Crippen molar-refractivity contribution in [1.82, 2.24) is 10.3 Å². The van der Waals surface area contributed by atoms with Gasteiger partial charge in [0.05, 0.1) is 5.01 Å². The Hall–Kier alpha value is -1.19. The first kappa shape index (κ1) is 13.8. The van der Waals surface area contributed by atoms with Gasteiger partial charge in [0.2, 0.25) is 0 Å². The highest BCUT2D eigenvalue weighted by atomic mass is 32.1. The topological polar surface area (TPSA) is 24.9 Å². The second kappa shape index (κ2) is 6.06. The van der Waals surface area contributed by atoms with Crippen molar-refractivity contribution in [3.05, 3.63) is 52.0 Å². The Morgan fingerprint density at radius 3 is 2.85 bits per heavy atom. The zero-order valence-corrected chi connectivity index (χ0v) is 13.0. The minimum absolute atomic E-state index is 0.488. The van der Waals surface area contributed by atoms with Crippen molar-refractivity contribution in [1.29, 1.82) is 0 Å². The summed E-state index contributed by atoms with van der Waals surface area (Å²) >= 11 is 1.75. The van der Waals surface area contributed by atoms with Crippen LogP contribution in [0.1, 0.15) is 60.7 Å². The van der Waals surface area contributed by atoms with Crippen LogP contribution in [-0.4, -0.2) is 11.5 Å². The van der Waals surface area contributed by atoms with Gasteiger partial charge in [0.25, 0.3) is 0 Å².